The van der Waals surface area contributed by atoms with Gasteiger partial charge < -0.3 is 19.5 Å². The van der Waals surface area contributed by atoms with Crippen LogP contribution in [0.4, 0.5) is 4.79 Å². The van der Waals surface area contributed by atoms with Gasteiger partial charge in [-0.1, -0.05) is 30.3 Å². The standard InChI is InChI=1S/C14H15NO5/c16-12-6-11-13(20-12)10(8-18-11)15-14(17)19-7-9-4-2-1-3-5-9/h1-5,10-11,13H,6-8H2,(H,15,17)/t10-,11-,13-/m0/s1. The topological polar surface area (TPSA) is 73.9 Å². The molecule has 0 radical (unpaired) electrons. The third-order valence-electron chi connectivity index (χ3n) is 3.40. The Labute approximate surface area is 116 Å². The highest BCUT2D eigenvalue weighted by Gasteiger charge is 2.47. The summed E-state index contributed by atoms with van der Waals surface area (Å²) in [5.74, 6) is -0.288. The maximum absolute atomic E-state index is 11.7. The third-order valence-corrected chi connectivity index (χ3v) is 3.40. The average Bonchev–Trinajstić information content (AvgIpc) is 2.98. The summed E-state index contributed by atoms with van der Waals surface area (Å²) in [5.41, 5.74) is 0.912. The van der Waals surface area contributed by atoms with E-state index in [0.717, 1.165) is 5.56 Å². The highest BCUT2D eigenvalue weighted by Crippen LogP contribution is 2.27. The normalized spacial score (nSPS) is 27.8. The lowest BCUT2D eigenvalue weighted by Gasteiger charge is -2.16. The number of esters is 1. The maximum atomic E-state index is 11.7. The first-order chi connectivity index (χ1) is 9.72. The molecule has 0 aromatic heterocycles. The molecule has 6 nitrogen and oxygen atoms in total. The minimum atomic E-state index is -0.536. The van der Waals surface area contributed by atoms with E-state index < -0.39 is 12.2 Å². The van der Waals surface area contributed by atoms with E-state index in [-0.39, 0.29) is 31.1 Å². The van der Waals surface area contributed by atoms with Crippen LogP contribution in [0.2, 0.25) is 0 Å². The van der Waals surface area contributed by atoms with Crippen molar-refractivity contribution < 1.29 is 23.8 Å². The number of amides is 1. The second kappa shape index (κ2) is 5.50. The quantitative estimate of drug-likeness (QED) is 0.834. The van der Waals surface area contributed by atoms with E-state index in [4.69, 9.17) is 14.2 Å². The van der Waals surface area contributed by atoms with E-state index in [1.807, 2.05) is 30.3 Å². The number of benzene rings is 1. The molecule has 106 valence electrons. The molecule has 0 spiro atoms. The molecule has 0 saturated carbocycles. The Morgan fingerprint density at radius 1 is 1.35 bits per heavy atom. The first kappa shape index (κ1) is 12.9. The summed E-state index contributed by atoms with van der Waals surface area (Å²) in [4.78, 5) is 22.9. The first-order valence-electron chi connectivity index (χ1n) is 6.50. The van der Waals surface area contributed by atoms with Crippen LogP contribution >= 0.6 is 0 Å². The minimum absolute atomic E-state index is 0.203. The van der Waals surface area contributed by atoms with Gasteiger partial charge in [0.25, 0.3) is 0 Å². The molecule has 2 fully saturated rings. The largest absolute Gasteiger partial charge is 0.457 e. The van der Waals surface area contributed by atoms with Crippen molar-refractivity contribution in [2.24, 2.45) is 0 Å². The summed E-state index contributed by atoms with van der Waals surface area (Å²) >= 11 is 0. The molecule has 2 heterocycles. The van der Waals surface area contributed by atoms with Crippen LogP contribution in [-0.4, -0.2) is 36.9 Å². The van der Waals surface area contributed by atoms with Gasteiger partial charge in [-0.25, -0.2) is 4.79 Å². The molecule has 0 unspecified atom stereocenters. The Bertz CT molecular complexity index is 504. The molecule has 2 aliphatic rings. The molecule has 0 aliphatic carbocycles. The zero-order valence-corrected chi connectivity index (χ0v) is 10.8. The van der Waals surface area contributed by atoms with E-state index in [1.165, 1.54) is 0 Å². The molecule has 20 heavy (non-hydrogen) atoms. The van der Waals surface area contributed by atoms with Crippen molar-refractivity contribution in [3.63, 3.8) is 0 Å². The first-order valence-corrected chi connectivity index (χ1v) is 6.50. The van der Waals surface area contributed by atoms with Gasteiger partial charge in [0.15, 0.2) is 6.10 Å². The van der Waals surface area contributed by atoms with Crippen LogP contribution in [0.25, 0.3) is 0 Å². The number of alkyl carbamates (subject to hydrolysis) is 1. The number of hydrogen-bond donors (Lipinski definition) is 1. The van der Waals surface area contributed by atoms with Gasteiger partial charge in [-0.15, -0.1) is 0 Å². The molecule has 2 aliphatic heterocycles. The number of nitrogens with one attached hydrogen (secondary N) is 1. The zero-order chi connectivity index (χ0) is 13.9. The lowest BCUT2D eigenvalue weighted by molar-refractivity contribution is -0.142. The Hall–Kier alpha value is -2.08. The van der Waals surface area contributed by atoms with Gasteiger partial charge in [-0.3, -0.25) is 4.79 Å². The van der Waals surface area contributed by atoms with Gasteiger partial charge in [-0.05, 0) is 5.56 Å². The number of fused-ring (bicyclic) bond motifs is 1. The van der Waals surface area contributed by atoms with Gasteiger partial charge in [0.05, 0.1) is 19.1 Å². The number of carbonyl (C=O) groups is 2. The molecular formula is C14H15NO5. The Morgan fingerprint density at radius 2 is 2.15 bits per heavy atom. The maximum Gasteiger partial charge on any atom is 0.407 e. The highest BCUT2D eigenvalue weighted by atomic mass is 16.6. The highest BCUT2D eigenvalue weighted by molar-refractivity contribution is 5.73. The van der Waals surface area contributed by atoms with Crippen molar-refractivity contribution >= 4 is 12.1 Å². The van der Waals surface area contributed by atoms with Gasteiger partial charge >= 0.3 is 12.1 Å². The van der Waals surface area contributed by atoms with E-state index in [1.54, 1.807) is 0 Å². The molecule has 1 aromatic carbocycles. The fourth-order valence-corrected chi connectivity index (χ4v) is 2.41. The van der Waals surface area contributed by atoms with Crippen LogP contribution in [0.3, 0.4) is 0 Å². The fourth-order valence-electron chi connectivity index (χ4n) is 2.41. The van der Waals surface area contributed by atoms with Crippen LogP contribution in [0, 0.1) is 0 Å². The molecule has 1 N–H and O–H groups in total. The van der Waals surface area contributed by atoms with Gasteiger partial charge in [0.1, 0.15) is 12.7 Å². The van der Waals surface area contributed by atoms with Crippen LogP contribution in [-0.2, 0) is 25.6 Å². The molecule has 3 atom stereocenters. The zero-order valence-electron chi connectivity index (χ0n) is 10.8. The Kier molecular flexibility index (Phi) is 3.56. The molecule has 1 aromatic rings. The summed E-state index contributed by atoms with van der Waals surface area (Å²) in [6.45, 7) is 0.539. The van der Waals surface area contributed by atoms with Crippen LogP contribution < -0.4 is 5.32 Å². The second-order valence-corrected chi connectivity index (χ2v) is 4.84. The van der Waals surface area contributed by atoms with E-state index >= 15 is 0 Å². The lowest BCUT2D eigenvalue weighted by atomic mass is 10.1. The minimum Gasteiger partial charge on any atom is -0.457 e. The summed E-state index contributed by atoms with van der Waals surface area (Å²) in [7, 11) is 0. The average molecular weight is 277 g/mol. The molecule has 1 amide bonds. The molecule has 2 saturated heterocycles. The van der Waals surface area contributed by atoms with Crippen LogP contribution in [0.15, 0.2) is 30.3 Å². The smallest absolute Gasteiger partial charge is 0.407 e. The summed E-state index contributed by atoms with van der Waals surface area (Å²) in [6.07, 6.45) is -0.929. The van der Waals surface area contributed by atoms with Crippen molar-refractivity contribution in [1.82, 2.24) is 5.32 Å². The predicted molar refractivity (Wildman–Crippen MR) is 67.8 cm³/mol. The van der Waals surface area contributed by atoms with Gasteiger partial charge in [0.2, 0.25) is 0 Å². The van der Waals surface area contributed by atoms with Crippen molar-refractivity contribution in [1.29, 1.82) is 0 Å². The monoisotopic (exact) mass is 277 g/mol. The van der Waals surface area contributed by atoms with Crippen molar-refractivity contribution in [3.05, 3.63) is 35.9 Å². The predicted octanol–water partition coefficient (Wildman–Crippen LogP) is 0.996. The van der Waals surface area contributed by atoms with Crippen LogP contribution in [0.1, 0.15) is 12.0 Å². The van der Waals surface area contributed by atoms with Gasteiger partial charge in [0, 0.05) is 0 Å². The summed E-state index contributed by atoms with van der Waals surface area (Å²) < 4.78 is 15.7. The molecule has 6 heteroatoms. The second-order valence-electron chi connectivity index (χ2n) is 4.84. The van der Waals surface area contributed by atoms with Crippen molar-refractivity contribution in [2.45, 2.75) is 31.3 Å². The van der Waals surface area contributed by atoms with Gasteiger partial charge in [-0.2, -0.15) is 0 Å². The number of hydrogen-bond acceptors (Lipinski definition) is 5. The molecule has 3 rings (SSSR count). The molecule has 0 bridgehead atoms. The van der Waals surface area contributed by atoms with Crippen molar-refractivity contribution in [2.75, 3.05) is 6.61 Å². The van der Waals surface area contributed by atoms with E-state index in [2.05, 4.69) is 5.32 Å². The molecular weight excluding hydrogens is 262 g/mol. The fraction of sp³-hybridized carbons (Fsp3) is 0.429. The number of ether oxygens (including phenoxy) is 3. The van der Waals surface area contributed by atoms with E-state index in [0.29, 0.717) is 6.61 Å². The van der Waals surface area contributed by atoms with E-state index in [9.17, 15) is 9.59 Å². The van der Waals surface area contributed by atoms with Crippen LogP contribution in [0.5, 0.6) is 0 Å². The summed E-state index contributed by atoms with van der Waals surface area (Å²) in [5, 5.41) is 2.68. The number of carbonyl (C=O) groups excluding carboxylic acids is 2. The third kappa shape index (κ3) is 2.75. The SMILES string of the molecule is O=C1C[C@@H]2OC[C@H](NC(=O)OCc3ccccc3)[C@@H]2O1. The lowest BCUT2D eigenvalue weighted by Crippen LogP contribution is -2.44. The summed E-state index contributed by atoms with van der Waals surface area (Å²) in [6, 6.07) is 9.07. The Morgan fingerprint density at radius 3 is 2.95 bits per heavy atom. The number of rotatable bonds is 3. The Balaban J connectivity index is 1.48. The van der Waals surface area contributed by atoms with Crippen molar-refractivity contribution in [3.8, 4) is 0 Å².